The van der Waals surface area contributed by atoms with Crippen molar-refractivity contribution in [2.24, 2.45) is 0 Å². The molecule has 1 unspecified atom stereocenters. The predicted molar refractivity (Wildman–Crippen MR) is 102 cm³/mol. The molecule has 0 fully saturated rings. The maximum Gasteiger partial charge on any atom is 0.405 e. The van der Waals surface area contributed by atoms with Crippen LogP contribution in [0.15, 0.2) is 41.4 Å². The van der Waals surface area contributed by atoms with Crippen LogP contribution in [0.3, 0.4) is 0 Å². The fraction of sp³-hybridized carbons (Fsp3) is 0.278. The zero-order chi connectivity index (χ0) is 19.6. The summed E-state index contributed by atoms with van der Waals surface area (Å²) in [5.74, 6) is -0.130. The Morgan fingerprint density at radius 3 is 2.63 bits per heavy atom. The van der Waals surface area contributed by atoms with Gasteiger partial charge in [0.2, 0.25) is 5.91 Å². The van der Waals surface area contributed by atoms with Gasteiger partial charge in [0.15, 0.2) is 0 Å². The van der Waals surface area contributed by atoms with Gasteiger partial charge in [-0.2, -0.15) is 13.2 Å². The van der Waals surface area contributed by atoms with Crippen molar-refractivity contribution in [2.45, 2.75) is 30.3 Å². The molecule has 3 aromatic rings. The smallest absolute Gasteiger partial charge is 0.346 e. The van der Waals surface area contributed by atoms with Crippen LogP contribution in [0.1, 0.15) is 12.7 Å². The van der Waals surface area contributed by atoms with Crippen molar-refractivity contribution >= 4 is 39.2 Å². The quantitative estimate of drug-likeness (QED) is 0.483. The summed E-state index contributed by atoms with van der Waals surface area (Å²) >= 11 is 2.64. The SMILES string of the molecule is Cc1nc(SC(C)C(=O)NCC(F)(F)F)c2cc(-c3ccccc3)sc2n1. The van der Waals surface area contributed by atoms with Crippen molar-refractivity contribution in [2.75, 3.05) is 6.54 Å². The molecular weight excluding hydrogens is 395 g/mol. The van der Waals surface area contributed by atoms with E-state index in [0.717, 1.165) is 32.4 Å². The van der Waals surface area contributed by atoms with Gasteiger partial charge in [-0.3, -0.25) is 4.79 Å². The van der Waals surface area contributed by atoms with Crippen molar-refractivity contribution in [1.82, 2.24) is 15.3 Å². The molecule has 0 saturated carbocycles. The molecule has 0 aliphatic rings. The molecule has 0 bridgehead atoms. The minimum Gasteiger partial charge on any atom is -0.346 e. The number of hydrogen-bond donors (Lipinski definition) is 1. The highest BCUT2D eigenvalue weighted by atomic mass is 32.2. The van der Waals surface area contributed by atoms with Crippen molar-refractivity contribution in [3.63, 3.8) is 0 Å². The maximum absolute atomic E-state index is 12.3. The van der Waals surface area contributed by atoms with Crippen molar-refractivity contribution in [1.29, 1.82) is 0 Å². The first-order valence-electron chi connectivity index (χ1n) is 8.07. The molecule has 0 radical (unpaired) electrons. The van der Waals surface area contributed by atoms with Gasteiger partial charge in [0.1, 0.15) is 22.2 Å². The van der Waals surface area contributed by atoms with Gasteiger partial charge in [0.05, 0.1) is 5.25 Å². The van der Waals surface area contributed by atoms with E-state index in [9.17, 15) is 18.0 Å². The summed E-state index contributed by atoms with van der Waals surface area (Å²) in [5, 5.41) is 2.58. The molecule has 1 aromatic carbocycles. The number of fused-ring (bicyclic) bond motifs is 1. The van der Waals surface area contributed by atoms with Crippen LogP contribution in [-0.2, 0) is 4.79 Å². The highest BCUT2D eigenvalue weighted by molar-refractivity contribution is 8.00. The zero-order valence-corrected chi connectivity index (χ0v) is 16.1. The van der Waals surface area contributed by atoms with Gasteiger partial charge in [-0.1, -0.05) is 42.1 Å². The monoisotopic (exact) mass is 411 g/mol. The van der Waals surface area contributed by atoms with Gasteiger partial charge in [0.25, 0.3) is 0 Å². The van der Waals surface area contributed by atoms with Gasteiger partial charge in [-0.25, -0.2) is 9.97 Å². The number of alkyl halides is 3. The molecule has 2 aromatic heterocycles. The second kappa shape index (κ2) is 7.85. The third-order valence-electron chi connectivity index (χ3n) is 3.65. The number of benzene rings is 1. The standard InChI is InChI=1S/C18H16F3N3OS2/c1-10(15(25)22-9-18(19,20)21)26-16-13-8-14(12-6-4-3-5-7-12)27-17(13)24-11(2)23-16/h3-8,10H,9H2,1-2H3,(H,22,25). The molecule has 0 aliphatic carbocycles. The van der Waals surface area contributed by atoms with E-state index in [1.54, 1.807) is 13.8 Å². The first-order chi connectivity index (χ1) is 12.7. The second-order valence-corrected chi connectivity index (χ2v) is 8.22. The maximum atomic E-state index is 12.3. The van der Waals surface area contributed by atoms with E-state index >= 15 is 0 Å². The summed E-state index contributed by atoms with van der Waals surface area (Å²) in [7, 11) is 0. The number of thioether (sulfide) groups is 1. The second-order valence-electron chi connectivity index (χ2n) is 5.86. The van der Waals surface area contributed by atoms with Crippen LogP contribution in [0.25, 0.3) is 20.7 Å². The number of halogens is 3. The van der Waals surface area contributed by atoms with Gasteiger partial charge < -0.3 is 5.32 Å². The Labute approximate surface area is 162 Å². The number of thiophene rings is 1. The van der Waals surface area contributed by atoms with Crippen LogP contribution in [0, 0.1) is 6.92 Å². The van der Waals surface area contributed by atoms with E-state index < -0.39 is 23.9 Å². The van der Waals surface area contributed by atoms with Crippen molar-refractivity contribution in [3.8, 4) is 10.4 Å². The van der Waals surface area contributed by atoms with Crippen LogP contribution >= 0.6 is 23.1 Å². The number of aromatic nitrogens is 2. The minimum atomic E-state index is -4.43. The summed E-state index contributed by atoms with van der Waals surface area (Å²) in [4.78, 5) is 22.6. The van der Waals surface area contributed by atoms with E-state index in [1.807, 2.05) is 41.7 Å². The van der Waals surface area contributed by atoms with E-state index in [-0.39, 0.29) is 0 Å². The number of nitrogens with zero attached hydrogens (tertiary/aromatic N) is 2. The first-order valence-corrected chi connectivity index (χ1v) is 9.77. The molecule has 142 valence electrons. The van der Waals surface area contributed by atoms with Crippen LogP contribution in [0.4, 0.5) is 13.2 Å². The first kappa shape index (κ1) is 19.6. The summed E-state index contributed by atoms with van der Waals surface area (Å²) < 4.78 is 36.9. The number of amides is 1. The molecule has 2 heterocycles. The fourth-order valence-electron chi connectivity index (χ4n) is 2.38. The Morgan fingerprint density at radius 1 is 1.26 bits per heavy atom. The number of carbonyl (C=O) groups excluding carboxylic acids is 1. The number of nitrogens with one attached hydrogen (secondary N) is 1. The number of aryl methyl sites for hydroxylation is 1. The van der Waals surface area contributed by atoms with Gasteiger partial charge >= 0.3 is 6.18 Å². The molecule has 4 nitrogen and oxygen atoms in total. The highest BCUT2D eigenvalue weighted by Gasteiger charge is 2.29. The molecule has 0 saturated heterocycles. The summed E-state index contributed by atoms with van der Waals surface area (Å²) in [5.41, 5.74) is 1.05. The molecular formula is C18H16F3N3OS2. The summed E-state index contributed by atoms with van der Waals surface area (Å²) in [6, 6.07) is 11.8. The molecule has 0 spiro atoms. The van der Waals surface area contributed by atoms with E-state index in [1.165, 1.54) is 11.3 Å². The molecule has 0 aliphatic heterocycles. The van der Waals surface area contributed by atoms with Gasteiger partial charge in [0, 0.05) is 10.3 Å². The fourth-order valence-corrected chi connectivity index (χ4v) is 4.52. The topological polar surface area (TPSA) is 54.9 Å². The molecule has 9 heteroatoms. The van der Waals surface area contributed by atoms with Crippen molar-refractivity contribution in [3.05, 3.63) is 42.2 Å². The Hall–Kier alpha value is -2.13. The number of hydrogen-bond acceptors (Lipinski definition) is 5. The molecule has 1 amide bonds. The molecule has 1 N–H and O–H groups in total. The Kier molecular flexibility index (Phi) is 5.71. The molecule has 3 rings (SSSR count). The zero-order valence-electron chi connectivity index (χ0n) is 14.5. The summed E-state index contributed by atoms with van der Waals surface area (Å²) in [6.07, 6.45) is -4.43. The Bertz CT molecular complexity index is 958. The lowest BCUT2D eigenvalue weighted by Crippen LogP contribution is -2.38. The van der Waals surface area contributed by atoms with Crippen LogP contribution < -0.4 is 5.32 Å². The molecule has 1 atom stereocenters. The van der Waals surface area contributed by atoms with Crippen LogP contribution in [-0.4, -0.2) is 33.8 Å². The van der Waals surface area contributed by atoms with E-state index in [0.29, 0.717) is 10.9 Å². The third-order valence-corrected chi connectivity index (χ3v) is 5.83. The normalized spacial score (nSPS) is 12.9. The lowest BCUT2D eigenvalue weighted by Gasteiger charge is -2.13. The summed E-state index contributed by atoms with van der Waals surface area (Å²) in [6.45, 7) is 1.97. The predicted octanol–water partition coefficient (Wildman–Crippen LogP) is 4.83. The number of rotatable bonds is 5. The Balaban J connectivity index is 1.85. The van der Waals surface area contributed by atoms with Crippen LogP contribution in [0.5, 0.6) is 0 Å². The van der Waals surface area contributed by atoms with Crippen molar-refractivity contribution < 1.29 is 18.0 Å². The molecule has 27 heavy (non-hydrogen) atoms. The lowest BCUT2D eigenvalue weighted by atomic mass is 10.2. The number of carbonyl (C=O) groups is 1. The Morgan fingerprint density at radius 2 is 1.96 bits per heavy atom. The lowest BCUT2D eigenvalue weighted by molar-refractivity contribution is -0.137. The average Bonchev–Trinajstić information content (AvgIpc) is 3.03. The van der Waals surface area contributed by atoms with Gasteiger partial charge in [-0.05, 0) is 25.5 Å². The van der Waals surface area contributed by atoms with Gasteiger partial charge in [-0.15, -0.1) is 11.3 Å². The third kappa shape index (κ3) is 4.98. The minimum absolute atomic E-state index is 0.550. The highest BCUT2D eigenvalue weighted by Crippen LogP contribution is 2.37. The average molecular weight is 411 g/mol. The largest absolute Gasteiger partial charge is 0.405 e. The van der Waals surface area contributed by atoms with E-state index in [2.05, 4.69) is 9.97 Å². The van der Waals surface area contributed by atoms with Crippen LogP contribution in [0.2, 0.25) is 0 Å². The van der Waals surface area contributed by atoms with E-state index in [4.69, 9.17) is 0 Å².